The van der Waals surface area contributed by atoms with Crippen LogP contribution in [-0.2, 0) is 6.42 Å². The molecule has 0 unspecified atom stereocenters. The summed E-state index contributed by atoms with van der Waals surface area (Å²) in [7, 11) is 0. The van der Waals surface area contributed by atoms with Crippen LogP contribution in [0.2, 0.25) is 0 Å². The van der Waals surface area contributed by atoms with E-state index >= 15 is 0 Å². The Morgan fingerprint density at radius 1 is 1.27 bits per heavy atom. The molecule has 1 fully saturated rings. The fourth-order valence-electron chi connectivity index (χ4n) is 2.11. The Hall–Kier alpha value is -1.37. The van der Waals surface area contributed by atoms with Crippen LogP contribution in [-0.4, -0.2) is 10.1 Å². The van der Waals surface area contributed by atoms with Gasteiger partial charge in [0.1, 0.15) is 6.42 Å². The summed E-state index contributed by atoms with van der Waals surface area (Å²) in [6.45, 7) is 0. The quantitative estimate of drug-likeness (QED) is 0.696. The van der Waals surface area contributed by atoms with Gasteiger partial charge in [-0.1, -0.05) is 30.8 Å². The van der Waals surface area contributed by atoms with E-state index in [4.69, 9.17) is 9.78 Å². The second-order valence-electron chi connectivity index (χ2n) is 4.07. The first kappa shape index (κ1) is 10.2. The van der Waals surface area contributed by atoms with Crippen LogP contribution in [0.4, 0.5) is 0 Å². The molecule has 80 valence electrons. The van der Waals surface area contributed by atoms with E-state index in [-0.39, 0.29) is 6.42 Å². The summed E-state index contributed by atoms with van der Waals surface area (Å²) in [6, 6.07) is 2.02. The maximum atomic E-state index is 8.51. The lowest BCUT2D eigenvalue weighted by Crippen LogP contribution is -1.99. The van der Waals surface area contributed by atoms with Gasteiger partial charge in [0.2, 0.25) is 5.89 Å². The zero-order chi connectivity index (χ0) is 10.5. The molecule has 0 atom stereocenters. The first-order valence-corrected chi connectivity index (χ1v) is 5.59. The lowest BCUT2D eigenvalue weighted by molar-refractivity contribution is 0.374. The lowest BCUT2D eigenvalue weighted by atomic mass is 10.00. The van der Waals surface area contributed by atoms with Gasteiger partial charge in [0, 0.05) is 5.92 Å². The first-order valence-electron chi connectivity index (χ1n) is 5.59. The van der Waals surface area contributed by atoms with E-state index in [1.165, 1.54) is 25.7 Å². The van der Waals surface area contributed by atoms with Crippen LogP contribution < -0.4 is 0 Å². The van der Waals surface area contributed by atoms with Gasteiger partial charge in [-0.15, -0.1) is 0 Å². The van der Waals surface area contributed by atoms with Crippen LogP contribution in [0.5, 0.6) is 0 Å². The van der Waals surface area contributed by atoms with Crippen LogP contribution in [0, 0.1) is 11.3 Å². The van der Waals surface area contributed by atoms with Gasteiger partial charge in [-0.25, -0.2) is 0 Å². The van der Waals surface area contributed by atoms with E-state index in [2.05, 4.69) is 10.1 Å². The van der Waals surface area contributed by atoms with Crippen molar-refractivity contribution < 1.29 is 4.52 Å². The third-order valence-corrected chi connectivity index (χ3v) is 2.93. The minimum absolute atomic E-state index is 0.222. The van der Waals surface area contributed by atoms with Crippen molar-refractivity contribution in [2.45, 2.75) is 50.9 Å². The molecular weight excluding hydrogens is 190 g/mol. The minimum atomic E-state index is 0.222. The van der Waals surface area contributed by atoms with Crippen molar-refractivity contribution >= 4 is 0 Å². The van der Waals surface area contributed by atoms with Gasteiger partial charge in [0.05, 0.1) is 6.07 Å². The highest BCUT2D eigenvalue weighted by Gasteiger charge is 2.19. The predicted molar refractivity (Wildman–Crippen MR) is 54.1 cm³/mol. The number of nitriles is 1. The largest absolute Gasteiger partial charge is 0.338 e. The second kappa shape index (κ2) is 4.92. The SMILES string of the molecule is N#CCc1nc(C2CCCCCC2)no1. The molecule has 0 amide bonds. The van der Waals surface area contributed by atoms with Crippen LogP contribution >= 0.6 is 0 Å². The highest BCUT2D eigenvalue weighted by atomic mass is 16.5. The molecule has 0 aromatic carbocycles. The first-order chi connectivity index (χ1) is 7.40. The molecule has 2 rings (SSSR count). The Balaban J connectivity index is 2.04. The molecule has 0 radical (unpaired) electrons. The molecule has 0 N–H and O–H groups in total. The van der Waals surface area contributed by atoms with Gasteiger partial charge in [-0.05, 0) is 12.8 Å². The fourth-order valence-corrected chi connectivity index (χ4v) is 2.11. The number of aromatic nitrogens is 2. The van der Waals surface area contributed by atoms with E-state index in [0.29, 0.717) is 11.8 Å². The summed E-state index contributed by atoms with van der Waals surface area (Å²) in [5, 5.41) is 12.5. The molecule has 1 aliphatic rings. The molecule has 0 aliphatic heterocycles. The zero-order valence-electron chi connectivity index (χ0n) is 8.78. The molecule has 1 saturated carbocycles. The van der Waals surface area contributed by atoms with Crippen molar-refractivity contribution in [3.05, 3.63) is 11.7 Å². The number of rotatable bonds is 2. The highest BCUT2D eigenvalue weighted by molar-refractivity contribution is 4.99. The zero-order valence-corrected chi connectivity index (χ0v) is 8.78. The van der Waals surface area contributed by atoms with E-state index in [1.54, 1.807) is 0 Å². The van der Waals surface area contributed by atoms with E-state index < -0.39 is 0 Å². The average Bonchev–Trinajstić information content (AvgIpc) is 2.53. The van der Waals surface area contributed by atoms with E-state index in [1.807, 2.05) is 6.07 Å². The van der Waals surface area contributed by atoms with Crippen LogP contribution in [0.1, 0.15) is 56.2 Å². The topological polar surface area (TPSA) is 62.7 Å². The predicted octanol–water partition coefficient (Wildman–Crippen LogP) is 2.57. The van der Waals surface area contributed by atoms with Crippen LogP contribution in [0.3, 0.4) is 0 Å². The standard InChI is InChI=1S/C11H15N3O/c12-8-7-10-13-11(14-15-10)9-5-3-1-2-4-6-9/h9H,1-7H2. The summed E-state index contributed by atoms with van der Waals surface area (Å²) < 4.78 is 5.02. The summed E-state index contributed by atoms with van der Waals surface area (Å²) in [4.78, 5) is 4.27. The fraction of sp³-hybridized carbons (Fsp3) is 0.727. The molecule has 4 heteroatoms. The Kier molecular flexibility index (Phi) is 3.33. The summed E-state index contributed by atoms with van der Waals surface area (Å²) in [6.07, 6.45) is 7.69. The normalized spacial score (nSPS) is 18.3. The number of nitrogens with zero attached hydrogens (tertiary/aromatic N) is 3. The van der Waals surface area contributed by atoms with Gasteiger partial charge >= 0.3 is 0 Å². The highest BCUT2D eigenvalue weighted by Crippen LogP contribution is 2.29. The molecule has 4 nitrogen and oxygen atoms in total. The average molecular weight is 205 g/mol. The Morgan fingerprint density at radius 3 is 2.67 bits per heavy atom. The van der Waals surface area contributed by atoms with Crippen molar-refractivity contribution in [2.24, 2.45) is 0 Å². The van der Waals surface area contributed by atoms with Gasteiger partial charge in [0.15, 0.2) is 5.82 Å². The Labute approximate surface area is 89.3 Å². The maximum absolute atomic E-state index is 8.51. The summed E-state index contributed by atoms with van der Waals surface area (Å²) >= 11 is 0. The van der Waals surface area contributed by atoms with Crippen molar-refractivity contribution in [3.63, 3.8) is 0 Å². The van der Waals surface area contributed by atoms with E-state index in [0.717, 1.165) is 18.7 Å². The second-order valence-corrected chi connectivity index (χ2v) is 4.07. The molecular formula is C11H15N3O. The third kappa shape index (κ3) is 2.56. The molecule has 0 spiro atoms. The third-order valence-electron chi connectivity index (χ3n) is 2.93. The molecule has 15 heavy (non-hydrogen) atoms. The van der Waals surface area contributed by atoms with Crippen molar-refractivity contribution in [3.8, 4) is 6.07 Å². The number of hydrogen-bond donors (Lipinski definition) is 0. The Bertz CT molecular complexity index is 345. The molecule has 1 aromatic rings. The maximum Gasteiger partial charge on any atom is 0.240 e. The monoisotopic (exact) mass is 205 g/mol. The molecule has 1 heterocycles. The van der Waals surface area contributed by atoms with Crippen molar-refractivity contribution in [2.75, 3.05) is 0 Å². The summed E-state index contributed by atoms with van der Waals surface area (Å²) in [5.41, 5.74) is 0. The van der Waals surface area contributed by atoms with Gasteiger partial charge in [0.25, 0.3) is 0 Å². The molecule has 0 bridgehead atoms. The van der Waals surface area contributed by atoms with Crippen molar-refractivity contribution in [1.82, 2.24) is 10.1 Å². The number of hydrogen-bond acceptors (Lipinski definition) is 4. The lowest BCUT2D eigenvalue weighted by Gasteiger charge is -2.07. The Morgan fingerprint density at radius 2 is 2.00 bits per heavy atom. The van der Waals surface area contributed by atoms with Gasteiger partial charge < -0.3 is 4.52 Å². The van der Waals surface area contributed by atoms with Crippen LogP contribution in [0.25, 0.3) is 0 Å². The summed E-state index contributed by atoms with van der Waals surface area (Å²) in [5.74, 6) is 1.71. The molecule has 0 saturated heterocycles. The van der Waals surface area contributed by atoms with Gasteiger partial charge in [-0.2, -0.15) is 10.2 Å². The smallest absolute Gasteiger partial charge is 0.240 e. The minimum Gasteiger partial charge on any atom is -0.338 e. The van der Waals surface area contributed by atoms with Crippen molar-refractivity contribution in [1.29, 1.82) is 5.26 Å². The van der Waals surface area contributed by atoms with Crippen LogP contribution in [0.15, 0.2) is 4.52 Å². The van der Waals surface area contributed by atoms with Gasteiger partial charge in [-0.3, -0.25) is 0 Å². The molecule has 1 aliphatic carbocycles. The molecule has 1 aromatic heterocycles. The van der Waals surface area contributed by atoms with E-state index in [9.17, 15) is 0 Å².